The molecule has 4 aromatic rings. The molecule has 0 aliphatic carbocycles. The lowest BCUT2D eigenvalue weighted by atomic mass is 9.94. The van der Waals surface area contributed by atoms with Gasteiger partial charge in [0.05, 0.1) is 51.9 Å². The molecule has 22 fully saturated rings. The van der Waals surface area contributed by atoms with Crippen LogP contribution in [0.2, 0.25) is 0 Å². The highest BCUT2D eigenvalue weighted by atomic mass is 16.8. The van der Waals surface area contributed by atoms with Gasteiger partial charge in [-0.2, -0.15) is 0 Å². The molecule has 30 atom stereocenters. The van der Waals surface area contributed by atoms with E-state index in [0.717, 1.165) is 11.1 Å². The third-order valence-electron chi connectivity index (χ3n) is 19.8. The van der Waals surface area contributed by atoms with E-state index in [2.05, 4.69) is 20.6 Å². The fourth-order valence-corrected chi connectivity index (χ4v) is 15.1. The zero-order valence-electron chi connectivity index (χ0n) is 60.6. The van der Waals surface area contributed by atoms with Crippen LogP contribution >= 0.6 is 0 Å². The number of methoxy groups -OCH3 is 16. The molecule has 0 radical (unpaired) electrons. The molecular formula is C68H102N6O28. The van der Waals surface area contributed by atoms with E-state index < -0.39 is 184 Å². The summed E-state index contributed by atoms with van der Waals surface area (Å²) in [4.78, 5) is 0. The molecule has 34 heteroatoms. The van der Waals surface area contributed by atoms with Crippen molar-refractivity contribution in [3.8, 4) is 22.5 Å². The highest BCUT2D eigenvalue weighted by molar-refractivity contribution is 5.57. The maximum atomic E-state index is 7.24. The topological polar surface area (TPSA) is 320 Å². The van der Waals surface area contributed by atoms with Gasteiger partial charge in [-0.25, -0.2) is 9.36 Å². The summed E-state index contributed by atoms with van der Waals surface area (Å²) in [5.41, 5.74) is 2.90. The molecule has 12 bridgehead atoms. The highest BCUT2D eigenvalue weighted by Crippen LogP contribution is 2.43. The number of rotatable bonds is 26. The summed E-state index contributed by atoms with van der Waals surface area (Å²) in [6, 6.07) is 19.3. The molecule has 22 saturated heterocycles. The number of aromatic nitrogens is 6. The van der Waals surface area contributed by atoms with Gasteiger partial charge in [-0.1, -0.05) is 71.1 Å². The van der Waals surface area contributed by atoms with Crippen molar-refractivity contribution in [1.29, 1.82) is 0 Å². The second-order valence-electron chi connectivity index (χ2n) is 25.5. The van der Waals surface area contributed by atoms with Crippen LogP contribution in [0.1, 0.15) is 0 Å². The molecule has 2 aromatic carbocycles. The Labute approximate surface area is 593 Å². The van der Waals surface area contributed by atoms with E-state index in [-0.39, 0.29) is 39.5 Å². The average molecular weight is 1450 g/mol. The molecule has 22 aliphatic rings. The molecule has 0 unspecified atom stereocenters. The molecule has 26 rings (SSSR count). The molecule has 0 spiro atoms. The van der Waals surface area contributed by atoms with Crippen molar-refractivity contribution in [1.82, 2.24) is 30.0 Å². The Morgan fingerprint density at radius 3 is 0.676 bits per heavy atom. The van der Waals surface area contributed by atoms with Crippen molar-refractivity contribution >= 4 is 0 Å². The Kier molecular flexibility index (Phi) is 28.9. The minimum atomic E-state index is -1.26. The Bertz CT molecular complexity index is 2870. The van der Waals surface area contributed by atoms with Gasteiger partial charge in [0.1, 0.15) is 158 Å². The van der Waals surface area contributed by atoms with E-state index >= 15 is 0 Å². The van der Waals surface area contributed by atoms with Gasteiger partial charge in [0.25, 0.3) is 0 Å². The molecular weight excluding hydrogens is 1350 g/mol. The fraction of sp³-hybridized carbons (Fsp3) is 0.765. The molecule has 572 valence electrons. The predicted molar refractivity (Wildman–Crippen MR) is 349 cm³/mol. The van der Waals surface area contributed by atoms with Crippen LogP contribution < -0.4 is 0 Å². The van der Waals surface area contributed by atoms with Crippen molar-refractivity contribution in [2.45, 2.75) is 197 Å². The minimum Gasteiger partial charge on any atom is -0.382 e. The number of hydrogen-bond donors (Lipinski definition) is 0. The van der Waals surface area contributed by atoms with Gasteiger partial charge < -0.3 is 133 Å². The van der Waals surface area contributed by atoms with E-state index in [9.17, 15) is 0 Å². The highest BCUT2D eigenvalue weighted by Gasteiger charge is 2.61. The molecule has 22 aliphatic heterocycles. The minimum absolute atomic E-state index is 0.0255. The number of ether oxygens (including phenoxy) is 28. The van der Waals surface area contributed by atoms with Crippen LogP contribution in [0.25, 0.3) is 22.5 Å². The van der Waals surface area contributed by atoms with Crippen molar-refractivity contribution in [2.24, 2.45) is 0 Å². The van der Waals surface area contributed by atoms with E-state index in [1.165, 1.54) is 114 Å². The molecule has 0 amide bonds. The van der Waals surface area contributed by atoms with E-state index in [1.807, 2.05) is 60.7 Å². The molecule has 0 saturated carbocycles. The summed E-state index contributed by atoms with van der Waals surface area (Å²) in [5, 5.41) is 18.2. The summed E-state index contributed by atoms with van der Waals surface area (Å²) in [6.45, 7) is -0.132. The molecule has 102 heavy (non-hydrogen) atoms. The summed E-state index contributed by atoms with van der Waals surface area (Å²) in [5.74, 6) is 0. The normalized spacial score (nSPS) is 40.0. The lowest BCUT2D eigenvalue weighted by molar-refractivity contribution is -0.409. The van der Waals surface area contributed by atoms with Crippen molar-refractivity contribution in [3.05, 3.63) is 73.1 Å². The van der Waals surface area contributed by atoms with Gasteiger partial charge in [0, 0.05) is 125 Å². The predicted octanol–water partition coefficient (Wildman–Crippen LogP) is 1.34. The third kappa shape index (κ3) is 16.8. The van der Waals surface area contributed by atoms with Crippen molar-refractivity contribution in [2.75, 3.05) is 140 Å². The maximum Gasteiger partial charge on any atom is 0.187 e. The maximum absolute atomic E-state index is 7.24. The van der Waals surface area contributed by atoms with Crippen LogP contribution in [-0.2, 0) is 146 Å². The van der Waals surface area contributed by atoms with Crippen LogP contribution in [-0.4, -0.2) is 354 Å². The van der Waals surface area contributed by atoms with Crippen LogP contribution in [0.4, 0.5) is 0 Å². The Morgan fingerprint density at radius 2 is 0.471 bits per heavy atom. The van der Waals surface area contributed by atoms with Gasteiger partial charge >= 0.3 is 0 Å². The molecule has 24 heterocycles. The van der Waals surface area contributed by atoms with Crippen molar-refractivity contribution < 1.29 is 133 Å². The zero-order chi connectivity index (χ0) is 72.1. The van der Waals surface area contributed by atoms with Gasteiger partial charge in [-0.15, -0.1) is 10.2 Å². The second kappa shape index (κ2) is 37.4. The zero-order valence-corrected chi connectivity index (χ0v) is 60.6. The second-order valence-corrected chi connectivity index (χ2v) is 25.5. The lowest BCUT2D eigenvalue weighted by Crippen LogP contribution is -2.70. The van der Waals surface area contributed by atoms with Crippen LogP contribution in [0.3, 0.4) is 0 Å². The summed E-state index contributed by atoms with van der Waals surface area (Å²) < 4.78 is 189. The average Bonchev–Trinajstić information content (AvgIpc) is 0.780. The number of hydrogen-bond acceptors (Lipinski definition) is 32. The summed E-state index contributed by atoms with van der Waals surface area (Å²) in [7, 11) is 24.4. The smallest absolute Gasteiger partial charge is 0.187 e. The third-order valence-corrected chi connectivity index (χ3v) is 19.8. The monoisotopic (exact) mass is 1450 g/mol. The van der Waals surface area contributed by atoms with Gasteiger partial charge in [-0.05, 0) is 0 Å². The quantitative estimate of drug-likeness (QED) is 0.0856. The number of benzene rings is 2. The van der Waals surface area contributed by atoms with Gasteiger partial charge in [-0.3, -0.25) is 0 Å². The number of nitrogens with zero attached hydrogens (tertiary/aromatic N) is 6. The van der Waals surface area contributed by atoms with E-state index in [1.54, 1.807) is 21.8 Å². The molecule has 2 aromatic heterocycles. The Hall–Kier alpha value is -4.40. The largest absolute Gasteiger partial charge is 0.382 e. The van der Waals surface area contributed by atoms with E-state index in [4.69, 9.17) is 133 Å². The SMILES string of the molecule is COC[C@H]1O[C@@H]2O[C@H]3[C@H](OC)[C@@H](OC)[C@@H](O[C@H]4[C@H](OC)[C@@H](OC)[C@@H](O[C@H]5[C@H](OC)[C@@H](OC)[C@@H](O[C@H]6[C@H](OC)[C@@H](OC)[C@@H](O[C@H]7[C@H](OC)[C@@H](OC)[C@@H](O[C@H]1[C@H](OC)[C@H]2OC)O[C@@H]7COC)O[C@@H]6Cn1cc(-c2ccccc2)nn1)O[C@@H]5COC)O[C@@H]4COC)O[C@@H]3Cn1cc(-c2ccccc2)nn1. The first-order chi connectivity index (χ1) is 49.8. The first-order valence-electron chi connectivity index (χ1n) is 33.9. The molecule has 0 N–H and O–H groups in total. The lowest BCUT2D eigenvalue weighted by Gasteiger charge is -2.53. The van der Waals surface area contributed by atoms with Crippen LogP contribution in [0, 0.1) is 0 Å². The summed E-state index contributed by atoms with van der Waals surface area (Å²) >= 11 is 0. The fourth-order valence-electron chi connectivity index (χ4n) is 15.1. The van der Waals surface area contributed by atoms with Crippen LogP contribution in [0.15, 0.2) is 73.1 Å². The van der Waals surface area contributed by atoms with Gasteiger partial charge in [0.15, 0.2) is 37.7 Å². The molecule has 34 nitrogen and oxygen atoms in total. The van der Waals surface area contributed by atoms with Gasteiger partial charge in [0.2, 0.25) is 0 Å². The Balaban J connectivity index is 1.02. The first-order valence-corrected chi connectivity index (χ1v) is 33.9. The Morgan fingerprint density at radius 1 is 0.265 bits per heavy atom. The summed E-state index contributed by atoms with van der Waals surface area (Å²) in [6.07, 6.45) is -28.0. The van der Waals surface area contributed by atoms with E-state index in [0.29, 0.717) is 11.4 Å². The van der Waals surface area contributed by atoms with Crippen LogP contribution in [0.5, 0.6) is 0 Å². The standard InChI is InChI=1S/C68H102N6O28/c1-75-31-41-47-53(81-7)61(89-15)67(95-41)101-49-43(33-77-3)93-65(59(87-13)55(49)83-9)98-46-40(30-74-28-38(70-72-74)36-25-21-18-22-26-36)92-64(58(86-12)52(46)80-6)100-48-42(32-76-2)96-68(62(90-16)54(48)82-8)102-50-44(34-78-4)94-66(60(88-14)56(50)84-10)97-45-39(91-63(99-47)57(85-11)51(45)79-5)29-73-27-37(69-71-73)35-23-19-17-20-24-35/h17-28,39-68H,29-34H2,1-16H3/t39-,40-,41-,42-,43-,44-,45-,46-,47-,48-,49-,50-,51+,52+,53+,54+,55+,56+,57-,58-,59-,60-,61-,62-,63-,64-,65-,66-,67-,68-/m1/s1. The van der Waals surface area contributed by atoms with Crippen molar-refractivity contribution in [3.63, 3.8) is 0 Å². The first kappa shape index (κ1) is 78.7.